The smallest absolute Gasteiger partial charge is 0.317 e. The van der Waals surface area contributed by atoms with Crippen LogP contribution in [0.4, 0.5) is 4.79 Å². The number of hydrogen-bond acceptors (Lipinski definition) is 3. The summed E-state index contributed by atoms with van der Waals surface area (Å²) < 4.78 is 5.13. The minimum absolute atomic E-state index is 0.00426. The third-order valence-electron chi connectivity index (χ3n) is 3.80. The lowest BCUT2D eigenvalue weighted by Crippen LogP contribution is -2.48. The topological polar surface area (TPSA) is 78.9 Å². The highest BCUT2D eigenvalue weighted by molar-refractivity contribution is 5.76. The number of carbonyl (C=O) groups is 2. The first-order valence-corrected chi connectivity index (χ1v) is 7.20. The lowest BCUT2D eigenvalue weighted by molar-refractivity contribution is -0.142. The van der Waals surface area contributed by atoms with E-state index in [2.05, 4.69) is 5.32 Å². The van der Waals surface area contributed by atoms with Crippen LogP contribution in [0.3, 0.4) is 0 Å². The van der Waals surface area contributed by atoms with Gasteiger partial charge in [-0.15, -0.1) is 0 Å². The second-order valence-electron chi connectivity index (χ2n) is 5.78. The Kier molecular flexibility index (Phi) is 6.78. The summed E-state index contributed by atoms with van der Waals surface area (Å²) in [5, 5.41) is 11.8. The zero-order chi connectivity index (χ0) is 15.1. The molecule has 6 nitrogen and oxygen atoms in total. The Hall–Kier alpha value is -1.30. The van der Waals surface area contributed by atoms with Gasteiger partial charge in [-0.1, -0.05) is 13.8 Å². The van der Waals surface area contributed by atoms with Gasteiger partial charge < -0.3 is 20.1 Å². The second kappa shape index (κ2) is 8.09. The molecule has 2 atom stereocenters. The van der Waals surface area contributed by atoms with Crippen LogP contribution in [-0.2, 0) is 9.53 Å². The Labute approximate surface area is 120 Å². The summed E-state index contributed by atoms with van der Waals surface area (Å²) in [5.74, 6) is -1.04. The molecule has 1 aliphatic heterocycles. The molecule has 0 bridgehead atoms. The van der Waals surface area contributed by atoms with Gasteiger partial charge in [0.2, 0.25) is 0 Å². The van der Waals surface area contributed by atoms with E-state index in [1.54, 1.807) is 12.0 Å². The van der Waals surface area contributed by atoms with E-state index in [1.165, 1.54) is 0 Å². The minimum atomic E-state index is -0.865. The molecule has 1 heterocycles. The maximum atomic E-state index is 12.1. The number of rotatable bonds is 6. The monoisotopic (exact) mass is 286 g/mol. The summed E-state index contributed by atoms with van der Waals surface area (Å²) in [4.78, 5) is 24.9. The SMILES string of the molecule is COCC1CCCN(C(=O)NCC(C(=O)O)C(C)C)C1. The zero-order valence-corrected chi connectivity index (χ0v) is 12.6. The fraction of sp³-hybridized carbons (Fsp3) is 0.857. The van der Waals surface area contributed by atoms with Gasteiger partial charge in [-0.2, -0.15) is 0 Å². The third kappa shape index (κ3) is 5.00. The predicted octanol–water partition coefficient (Wildman–Crippen LogP) is 1.41. The van der Waals surface area contributed by atoms with E-state index >= 15 is 0 Å². The van der Waals surface area contributed by atoms with E-state index in [-0.39, 0.29) is 18.5 Å². The van der Waals surface area contributed by atoms with Gasteiger partial charge in [0, 0.05) is 32.7 Å². The molecule has 2 amide bonds. The third-order valence-corrected chi connectivity index (χ3v) is 3.80. The molecule has 1 aliphatic rings. The molecule has 0 radical (unpaired) electrons. The van der Waals surface area contributed by atoms with E-state index in [9.17, 15) is 9.59 Å². The number of piperidine rings is 1. The molecule has 0 aliphatic carbocycles. The van der Waals surface area contributed by atoms with Gasteiger partial charge in [0.25, 0.3) is 0 Å². The lowest BCUT2D eigenvalue weighted by Gasteiger charge is -2.32. The summed E-state index contributed by atoms with van der Waals surface area (Å²) >= 11 is 0. The van der Waals surface area contributed by atoms with Gasteiger partial charge in [-0.3, -0.25) is 4.79 Å². The number of carboxylic acid groups (broad SMARTS) is 1. The molecule has 1 saturated heterocycles. The highest BCUT2D eigenvalue weighted by atomic mass is 16.5. The van der Waals surface area contributed by atoms with Gasteiger partial charge >= 0.3 is 12.0 Å². The van der Waals surface area contributed by atoms with E-state index in [0.29, 0.717) is 19.1 Å². The average molecular weight is 286 g/mol. The molecule has 1 rings (SSSR count). The van der Waals surface area contributed by atoms with Crippen molar-refractivity contribution in [3.63, 3.8) is 0 Å². The molecule has 0 spiro atoms. The first-order valence-electron chi connectivity index (χ1n) is 7.20. The predicted molar refractivity (Wildman–Crippen MR) is 75.5 cm³/mol. The quantitative estimate of drug-likeness (QED) is 0.774. The number of likely N-dealkylation sites (tertiary alicyclic amines) is 1. The number of hydrogen-bond donors (Lipinski definition) is 2. The van der Waals surface area contributed by atoms with Crippen LogP contribution in [0.5, 0.6) is 0 Å². The Morgan fingerprint density at radius 3 is 2.70 bits per heavy atom. The number of carboxylic acids is 1. The van der Waals surface area contributed by atoms with E-state index in [1.807, 2.05) is 13.8 Å². The largest absolute Gasteiger partial charge is 0.481 e. The van der Waals surface area contributed by atoms with Crippen LogP contribution in [0.25, 0.3) is 0 Å². The summed E-state index contributed by atoms with van der Waals surface area (Å²) in [6.07, 6.45) is 2.04. The molecule has 1 fully saturated rings. The number of nitrogens with zero attached hydrogens (tertiary/aromatic N) is 1. The molecular formula is C14H26N2O4. The van der Waals surface area contributed by atoms with Gasteiger partial charge in [0.1, 0.15) is 0 Å². The van der Waals surface area contributed by atoms with Crippen molar-refractivity contribution >= 4 is 12.0 Å². The van der Waals surface area contributed by atoms with Crippen molar-refractivity contribution < 1.29 is 19.4 Å². The number of nitrogens with one attached hydrogen (secondary N) is 1. The summed E-state index contributed by atoms with van der Waals surface area (Å²) in [7, 11) is 1.67. The standard InChI is InChI=1S/C14H26N2O4/c1-10(2)12(13(17)18)7-15-14(19)16-6-4-5-11(8-16)9-20-3/h10-12H,4-9H2,1-3H3,(H,15,19)(H,17,18). The van der Waals surface area contributed by atoms with Crippen molar-refractivity contribution in [3.05, 3.63) is 0 Å². The fourth-order valence-corrected chi connectivity index (χ4v) is 2.54. The van der Waals surface area contributed by atoms with E-state index in [4.69, 9.17) is 9.84 Å². The van der Waals surface area contributed by atoms with Crippen molar-refractivity contribution in [2.75, 3.05) is 33.4 Å². The highest BCUT2D eigenvalue weighted by Gasteiger charge is 2.26. The van der Waals surface area contributed by atoms with Crippen molar-refractivity contribution in [2.45, 2.75) is 26.7 Å². The van der Waals surface area contributed by atoms with Crippen LogP contribution >= 0.6 is 0 Å². The molecule has 20 heavy (non-hydrogen) atoms. The molecule has 116 valence electrons. The van der Waals surface area contributed by atoms with E-state index < -0.39 is 11.9 Å². The number of aliphatic carboxylic acids is 1. The Balaban J connectivity index is 2.43. The Bertz CT molecular complexity index is 331. The number of amides is 2. The Morgan fingerprint density at radius 1 is 1.45 bits per heavy atom. The van der Waals surface area contributed by atoms with Crippen LogP contribution in [0.2, 0.25) is 0 Å². The first-order chi connectivity index (χ1) is 9.45. The van der Waals surface area contributed by atoms with Crippen molar-refractivity contribution in [2.24, 2.45) is 17.8 Å². The molecule has 0 aromatic rings. The van der Waals surface area contributed by atoms with E-state index in [0.717, 1.165) is 19.4 Å². The van der Waals surface area contributed by atoms with Gasteiger partial charge in [-0.25, -0.2) is 4.79 Å². The second-order valence-corrected chi connectivity index (χ2v) is 5.78. The minimum Gasteiger partial charge on any atom is -0.481 e. The summed E-state index contributed by atoms with van der Waals surface area (Å²) in [6, 6.07) is -0.169. The molecule has 0 saturated carbocycles. The van der Waals surface area contributed by atoms with Crippen molar-refractivity contribution in [1.29, 1.82) is 0 Å². The van der Waals surface area contributed by atoms with Crippen molar-refractivity contribution in [3.8, 4) is 0 Å². The molecule has 0 aromatic carbocycles. The normalized spacial score (nSPS) is 20.8. The van der Waals surface area contributed by atoms with Gasteiger partial charge in [0.15, 0.2) is 0 Å². The number of methoxy groups -OCH3 is 1. The molecule has 6 heteroatoms. The van der Waals surface area contributed by atoms with Crippen molar-refractivity contribution in [1.82, 2.24) is 10.2 Å². The maximum Gasteiger partial charge on any atom is 0.317 e. The number of ether oxygens (including phenoxy) is 1. The number of urea groups is 1. The van der Waals surface area contributed by atoms with Crippen LogP contribution in [0.15, 0.2) is 0 Å². The van der Waals surface area contributed by atoms with Crippen LogP contribution in [0.1, 0.15) is 26.7 Å². The first kappa shape index (κ1) is 16.8. The molecule has 0 aromatic heterocycles. The van der Waals surface area contributed by atoms with Gasteiger partial charge in [0.05, 0.1) is 12.5 Å². The number of carbonyl (C=O) groups excluding carboxylic acids is 1. The zero-order valence-electron chi connectivity index (χ0n) is 12.6. The molecular weight excluding hydrogens is 260 g/mol. The molecule has 2 unspecified atom stereocenters. The summed E-state index contributed by atoms with van der Waals surface area (Å²) in [5.41, 5.74) is 0. The van der Waals surface area contributed by atoms with Crippen LogP contribution < -0.4 is 5.32 Å². The maximum absolute atomic E-state index is 12.1. The van der Waals surface area contributed by atoms with Crippen LogP contribution in [0, 0.1) is 17.8 Å². The molecule has 2 N–H and O–H groups in total. The average Bonchev–Trinajstić information content (AvgIpc) is 2.38. The lowest BCUT2D eigenvalue weighted by atomic mass is 9.96. The van der Waals surface area contributed by atoms with Crippen LogP contribution in [-0.4, -0.2) is 55.4 Å². The fourth-order valence-electron chi connectivity index (χ4n) is 2.54. The Morgan fingerprint density at radius 2 is 2.15 bits per heavy atom. The summed E-state index contributed by atoms with van der Waals surface area (Å²) in [6.45, 7) is 5.94. The van der Waals surface area contributed by atoms with Gasteiger partial charge in [-0.05, 0) is 18.8 Å². The highest BCUT2D eigenvalue weighted by Crippen LogP contribution is 2.17.